The molecule has 0 spiro atoms. The minimum Gasteiger partial charge on any atom is -0.367 e. The van der Waals surface area contributed by atoms with Gasteiger partial charge in [-0.2, -0.15) is 0 Å². The number of nitrogens with zero attached hydrogens (tertiary/aromatic N) is 1. The third-order valence-corrected chi connectivity index (χ3v) is 4.20. The Morgan fingerprint density at radius 3 is 2.67 bits per heavy atom. The van der Waals surface area contributed by atoms with Gasteiger partial charge >= 0.3 is 0 Å². The highest BCUT2D eigenvalue weighted by Gasteiger charge is 2.34. The van der Waals surface area contributed by atoms with Gasteiger partial charge in [-0.3, -0.25) is 4.79 Å². The van der Waals surface area contributed by atoms with Crippen LogP contribution in [0.4, 0.5) is 0 Å². The van der Waals surface area contributed by atoms with Crippen LogP contribution in [0.2, 0.25) is 0 Å². The van der Waals surface area contributed by atoms with Gasteiger partial charge in [0.1, 0.15) is 0 Å². The summed E-state index contributed by atoms with van der Waals surface area (Å²) in [6.07, 6.45) is 1.64. The maximum atomic E-state index is 12.8. The molecule has 4 nitrogen and oxygen atoms in total. The van der Waals surface area contributed by atoms with Crippen molar-refractivity contribution >= 4 is 18.3 Å². The molecule has 0 saturated carbocycles. The lowest BCUT2D eigenvalue weighted by Gasteiger charge is -2.40. The Morgan fingerprint density at radius 1 is 1.43 bits per heavy atom. The van der Waals surface area contributed by atoms with E-state index in [0.717, 1.165) is 24.9 Å². The second-order valence-corrected chi connectivity index (χ2v) is 5.48. The molecular weight excluding hydrogens is 288 g/mol. The van der Waals surface area contributed by atoms with Gasteiger partial charge in [-0.1, -0.05) is 37.3 Å². The highest BCUT2D eigenvalue weighted by Crippen LogP contribution is 2.27. The van der Waals surface area contributed by atoms with E-state index in [9.17, 15) is 4.79 Å². The SMILES string of the molecule is COC(C(=O)N1CCCC(C)C1CN)c1ccccc1.Cl. The number of ether oxygens (including phenoxy) is 1. The summed E-state index contributed by atoms with van der Waals surface area (Å²) >= 11 is 0. The van der Waals surface area contributed by atoms with E-state index in [1.807, 2.05) is 35.2 Å². The molecule has 1 saturated heterocycles. The molecule has 2 rings (SSSR count). The van der Waals surface area contributed by atoms with Gasteiger partial charge < -0.3 is 15.4 Å². The number of amides is 1. The fourth-order valence-electron chi connectivity index (χ4n) is 3.04. The molecule has 1 amide bonds. The second-order valence-electron chi connectivity index (χ2n) is 5.48. The van der Waals surface area contributed by atoms with E-state index in [1.54, 1.807) is 7.11 Å². The monoisotopic (exact) mass is 312 g/mol. The number of carbonyl (C=O) groups is 1. The van der Waals surface area contributed by atoms with Crippen molar-refractivity contribution in [2.75, 3.05) is 20.2 Å². The van der Waals surface area contributed by atoms with Gasteiger partial charge in [0, 0.05) is 26.2 Å². The Hall–Kier alpha value is -1.10. The molecule has 0 aliphatic carbocycles. The highest BCUT2D eigenvalue weighted by molar-refractivity contribution is 5.85. The molecule has 21 heavy (non-hydrogen) atoms. The van der Waals surface area contributed by atoms with Crippen LogP contribution in [0.25, 0.3) is 0 Å². The first kappa shape index (κ1) is 18.0. The van der Waals surface area contributed by atoms with E-state index >= 15 is 0 Å². The summed E-state index contributed by atoms with van der Waals surface area (Å²) in [5, 5.41) is 0. The molecule has 1 aromatic carbocycles. The van der Waals surface area contributed by atoms with E-state index in [4.69, 9.17) is 10.5 Å². The zero-order valence-electron chi connectivity index (χ0n) is 12.7. The summed E-state index contributed by atoms with van der Waals surface area (Å²) in [7, 11) is 1.58. The molecule has 118 valence electrons. The highest BCUT2D eigenvalue weighted by atomic mass is 35.5. The minimum absolute atomic E-state index is 0. The van der Waals surface area contributed by atoms with Gasteiger partial charge in [-0.25, -0.2) is 0 Å². The van der Waals surface area contributed by atoms with Crippen LogP contribution in [0.15, 0.2) is 30.3 Å². The van der Waals surface area contributed by atoms with Crippen molar-refractivity contribution in [1.82, 2.24) is 4.90 Å². The van der Waals surface area contributed by atoms with Gasteiger partial charge in [0.25, 0.3) is 5.91 Å². The zero-order valence-corrected chi connectivity index (χ0v) is 13.5. The van der Waals surface area contributed by atoms with Crippen molar-refractivity contribution in [1.29, 1.82) is 0 Å². The zero-order chi connectivity index (χ0) is 14.5. The van der Waals surface area contributed by atoms with Crippen LogP contribution in [0, 0.1) is 5.92 Å². The smallest absolute Gasteiger partial charge is 0.256 e. The number of nitrogens with two attached hydrogens (primary N) is 1. The third kappa shape index (κ3) is 3.96. The van der Waals surface area contributed by atoms with Crippen LogP contribution in [0.3, 0.4) is 0 Å². The van der Waals surface area contributed by atoms with E-state index in [2.05, 4.69) is 6.92 Å². The Kier molecular flexibility index (Phi) is 7.15. The molecule has 1 fully saturated rings. The number of carbonyl (C=O) groups excluding carboxylic acids is 1. The maximum absolute atomic E-state index is 12.8. The van der Waals surface area contributed by atoms with Crippen LogP contribution in [0.5, 0.6) is 0 Å². The summed E-state index contributed by atoms with van der Waals surface area (Å²) in [6, 6.07) is 9.76. The molecule has 1 aliphatic heterocycles. The fourth-order valence-corrected chi connectivity index (χ4v) is 3.04. The largest absolute Gasteiger partial charge is 0.367 e. The number of benzene rings is 1. The summed E-state index contributed by atoms with van der Waals surface area (Å²) in [5.41, 5.74) is 6.76. The molecule has 1 aliphatic rings. The van der Waals surface area contributed by atoms with Crippen molar-refractivity contribution < 1.29 is 9.53 Å². The van der Waals surface area contributed by atoms with Crippen LogP contribution in [0.1, 0.15) is 31.4 Å². The summed E-state index contributed by atoms with van der Waals surface area (Å²) in [6.45, 7) is 3.46. The van der Waals surface area contributed by atoms with Crippen molar-refractivity contribution in [3.63, 3.8) is 0 Å². The van der Waals surface area contributed by atoms with E-state index < -0.39 is 6.10 Å². The quantitative estimate of drug-likeness (QED) is 0.928. The number of likely N-dealkylation sites (tertiary alicyclic amines) is 1. The normalized spacial score (nSPS) is 23.3. The third-order valence-electron chi connectivity index (χ3n) is 4.20. The molecule has 3 atom stereocenters. The molecule has 0 bridgehead atoms. The lowest BCUT2D eigenvalue weighted by atomic mass is 9.90. The van der Waals surface area contributed by atoms with Gasteiger partial charge in [-0.05, 0) is 24.3 Å². The Bertz CT molecular complexity index is 441. The van der Waals surface area contributed by atoms with Gasteiger partial charge in [0.05, 0.1) is 0 Å². The molecule has 1 aromatic rings. The molecule has 3 unspecified atom stereocenters. The predicted octanol–water partition coefficient (Wildman–Crippen LogP) is 2.38. The van der Waals surface area contributed by atoms with Crippen LogP contribution < -0.4 is 5.73 Å². The van der Waals surface area contributed by atoms with E-state index in [0.29, 0.717) is 12.5 Å². The first-order valence-electron chi connectivity index (χ1n) is 7.27. The van der Waals surface area contributed by atoms with Crippen LogP contribution in [-0.4, -0.2) is 37.0 Å². The van der Waals surface area contributed by atoms with Crippen molar-refractivity contribution in [3.05, 3.63) is 35.9 Å². The lowest BCUT2D eigenvalue weighted by Crippen LogP contribution is -2.52. The fraction of sp³-hybridized carbons (Fsp3) is 0.562. The van der Waals surface area contributed by atoms with E-state index in [1.165, 1.54) is 0 Å². The summed E-state index contributed by atoms with van der Waals surface area (Å²) < 4.78 is 5.45. The molecular formula is C16H25ClN2O2. The molecule has 0 radical (unpaired) electrons. The van der Waals surface area contributed by atoms with Crippen LogP contribution in [-0.2, 0) is 9.53 Å². The van der Waals surface area contributed by atoms with Crippen molar-refractivity contribution in [2.45, 2.75) is 31.9 Å². The topological polar surface area (TPSA) is 55.6 Å². The average Bonchev–Trinajstić information content (AvgIpc) is 2.48. The maximum Gasteiger partial charge on any atom is 0.256 e. The average molecular weight is 313 g/mol. The minimum atomic E-state index is -0.532. The van der Waals surface area contributed by atoms with Gasteiger partial charge in [0.15, 0.2) is 6.10 Å². The second kappa shape index (κ2) is 8.37. The Balaban J connectivity index is 0.00000220. The first-order valence-corrected chi connectivity index (χ1v) is 7.27. The number of methoxy groups -OCH3 is 1. The molecule has 2 N–H and O–H groups in total. The first-order chi connectivity index (χ1) is 9.69. The number of hydrogen-bond donors (Lipinski definition) is 1. The standard InChI is InChI=1S/C16H24N2O2.ClH/c1-12-7-6-10-18(14(12)11-17)16(19)15(20-2)13-8-4-3-5-9-13;/h3-5,8-9,12,14-15H,6-7,10-11,17H2,1-2H3;1H. The predicted molar refractivity (Wildman–Crippen MR) is 86.4 cm³/mol. The number of hydrogen-bond acceptors (Lipinski definition) is 3. The van der Waals surface area contributed by atoms with Crippen molar-refractivity contribution in [2.24, 2.45) is 11.7 Å². The number of halogens is 1. The van der Waals surface area contributed by atoms with Gasteiger partial charge in [0.2, 0.25) is 0 Å². The lowest BCUT2D eigenvalue weighted by molar-refractivity contribution is -0.147. The molecule has 5 heteroatoms. The summed E-state index contributed by atoms with van der Waals surface area (Å²) in [5.74, 6) is 0.478. The van der Waals surface area contributed by atoms with E-state index in [-0.39, 0.29) is 24.4 Å². The molecule has 0 aromatic heterocycles. The Labute approximate surface area is 133 Å². The number of rotatable bonds is 4. The number of piperidine rings is 1. The summed E-state index contributed by atoms with van der Waals surface area (Å²) in [4.78, 5) is 14.7. The van der Waals surface area contributed by atoms with Crippen LogP contribution >= 0.6 is 12.4 Å². The van der Waals surface area contributed by atoms with Gasteiger partial charge in [-0.15, -0.1) is 12.4 Å². The van der Waals surface area contributed by atoms with Crippen molar-refractivity contribution in [3.8, 4) is 0 Å². The molecule has 1 heterocycles. The Morgan fingerprint density at radius 2 is 2.10 bits per heavy atom.